The summed E-state index contributed by atoms with van der Waals surface area (Å²) >= 11 is 0. The van der Waals surface area contributed by atoms with Gasteiger partial charge in [0.1, 0.15) is 0 Å². The number of Topliss-reactive ketones (excluding diaryl/α,β-unsaturated/α-hetero) is 2. The molecule has 32 heavy (non-hydrogen) atoms. The van der Waals surface area contributed by atoms with E-state index in [2.05, 4.69) is 24.4 Å². The normalized spacial score (nSPS) is 27.5. The van der Waals surface area contributed by atoms with Crippen LogP contribution in [0.4, 0.5) is 0 Å². The SMILES string of the molecule is COC1=C(OC)C(=O)C(CC2(O)CCCC(c3ccccc3)/C(C)=C(/C)NC2)=C(C)C1=O. The molecule has 2 atom stereocenters. The first kappa shape index (κ1) is 23.8. The lowest BCUT2D eigenvalue weighted by Gasteiger charge is -2.31. The van der Waals surface area contributed by atoms with Crippen LogP contribution in [0.25, 0.3) is 0 Å². The molecular weight excluding hydrogens is 406 g/mol. The molecule has 0 fully saturated rings. The van der Waals surface area contributed by atoms with E-state index in [0.29, 0.717) is 18.5 Å². The quantitative estimate of drug-likeness (QED) is 0.676. The minimum absolute atomic E-state index is 0.0720. The van der Waals surface area contributed by atoms with Crippen LogP contribution in [0.2, 0.25) is 0 Å². The summed E-state index contributed by atoms with van der Waals surface area (Å²) < 4.78 is 10.3. The summed E-state index contributed by atoms with van der Waals surface area (Å²) in [6.07, 6.45) is 2.25. The second-order valence-electron chi connectivity index (χ2n) is 8.75. The molecule has 3 rings (SSSR count). The summed E-state index contributed by atoms with van der Waals surface area (Å²) in [5.41, 5.74) is 2.93. The molecule has 1 aromatic carbocycles. The third-order valence-electron chi connectivity index (χ3n) is 6.73. The Balaban J connectivity index is 1.86. The highest BCUT2D eigenvalue weighted by Crippen LogP contribution is 2.36. The molecule has 1 aliphatic heterocycles. The molecule has 1 aliphatic carbocycles. The predicted molar refractivity (Wildman–Crippen MR) is 123 cm³/mol. The van der Waals surface area contributed by atoms with Crippen molar-refractivity contribution >= 4 is 11.6 Å². The van der Waals surface area contributed by atoms with Gasteiger partial charge in [0.05, 0.1) is 19.8 Å². The van der Waals surface area contributed by atoms with Crippen molar-refractivity contribution in [2.45, 2.75) is 58.0 Å². The van der Waals surface area contributed by atoms with Gasteiger partial charge in [-0.15, -0.1) is 0 Å². The van der Waals surface area contributed by atoms with Crippen LogP contribution >= 0.6 is 0 Å². The van der Waals surface area contributed by atoms with Crippen molar-refractivity contribution in [1.82, 2.24) is 5.32 Å². The van der Waals surface area contributed by atoms with Gasteiger partial charge in [-0.25, -0.2) is 0 Å². The molecular formula is C26H33NO5. The average molecular weight is 440 g/mol. The molecule has 6 nitrogen and oxygen atoms in total. The zero-order valence-electron chi connectivity index (χ0n) is 19.6. The van der Waals surface area contributed by atoms with Crippen molar-refractivity contribution in [3.05, 3.63) is 69.8 Å². The molecule has 2 N–H and O–H groups in total. The lowest BCUT2D eigenvalue weighted by Crippen LogP contribution is -2.42. The van der Waals surface area contributed by atoms with E-state index in [0.717, 1.165) is 18.5 Å². The number of nitrogens with one attached hydrogen (secondary N) is 1. The highest BCUT2D eigenvalue weighted by Gasteiger charge is 2.39. The van der Waals surface area contributed by atoms with Gasteiger partial charge in [-0.05, 0) is 51.2 Å². The molecule has 1 aromatic rings. The average Bonchev–Trinajstić information content (AvgIpc) is 2.85. The third-order valence-corrected chi connectivity index (χ3v) is 6.73. The van der Waals surface area contributed by atoms with Crippen molar-refractivity contribution in [2.24, 2.45) is 0 Å². The van der Waals surface area contributed by atoms with E-state index in [1.54, 1.807) is 6.92 Å². The monoisotopic (exact) mass is 439 g/mol. The third kappa shape index (κ3) is 4.65. The van der Waals surface area contributed by atoms with Gasteiger partial charge in [0.25, 0.3) is 0 Å². The number of benzene rings is 1. The number of carbonyl (C=O) groups is 2. The Kier molecular flexibility index (Phi) is 7.24. The van der Waals surface area contributed by atoms with Crippen molar-refractivity contribution < 1.29 is 24.2 Å². The summed E-state index contributed by atoms with van der Waals surface area (Å²) in [4.78, 5) is 25.8. The Bertz CT molecular complexity index is 989. The van der Waals surface area contributed by atoms with Crippen LogP contribution < -0.4 is 5.32 Å². The van der Waals surface area contributed by atoms with Gasteiger partial charge in [0, 0.05) is 35.7 Å². The number of allylic oxidation sites excluding steroid dienone is 4. The molecule has 0 bridgehead atoms. The number of aliphatic hydroxyl groups is 1. The van der Waals surface area contributed by atoms with Crippen molar-refractivity contribution in [3.8, 4) is 0 Å². The molecule has 0 saturated carbocycles. The van der Waals surface area contributed by atoms with E-state index in [9.17, 15) is 14.7 Å². The van der Waals surface area contributed by atoms with Crippen LogP contribution in [0, 0.1) is 0 Å². The fourth-order valence-corrected chi connectivity index (χ4v) is 4.62. The topological polar surface area (TPSA) is 84.9 Å². The second kappa shape index (κ2) is 9.74. The Labute approximate surface area is 190 Å². The zero-order chi connectivity index (χ0) is 23.5. The summed E-state index contributed by atoms with van der Waals surface area (Å²) in [7, 11) is 2.68. The first-order valence-corrected chi connectivity index (χ1v) is 11.0. The maximum absolute atomic E-state index is 13.1. The highest BCUT2D eigenvalue weighted by molar-refractivity contribution is 6.23. The van der Waals surface area contributed by atoms with E-state index in [1.165, 1.54) is 25.4 Å². The molecule has 2 unspecified atom stereocenters. The number of hydrogen-bond donors (Lipinski definition) is 2. The van der Waals surface area contributed by atoms with Crippen molar-refractivity contribution in [3.63, 3.8) is 0 Å². The van der Waals surface area contributed by atoms with Crippen LogP contribution in [0.3, 0.4) is 0 Å². The summed E-state index contributed by atoms with van der Waals surface area (Å²) in [5.74, 6) is -0.709. The molecule has 2 aliphatic rings. The van der Waals surface area contributed by atoms with E-state index in [-0.39, 0.29) is 35.2 Å². The van der Waals surface area contributed by atoms with Gasteiger partial charge in [0.15, 0.2) is 0 Å². The highest BCUT2D eigenvalue weighted by atomic mass is 16.5. The summed E-state index contributed by atoms with van der Waals surface area (Å²) in [6, 6.07) is 10.4. The fraction of sp³-hybridized carbons (Fsp3) is 0.462. The lowest BCUT2D eigenvalue weighted by molar-refractivity contribution is -0.121. The number of methoxy groups -OCH3 is 2. The van der Waals surface area contributed by atoms with E-state index >= 15 is 0 Å². The Morgan fingerprint density at radius 3 is 2.28 bits per heavy atom. The van der Waals surface area contributed by atoms with Crippen LogP contribution in [0.15, 0.2) is 64.3 Å². The summed E-state index contributed by atoms with van der Waals surface area (Å²) in [6.45, 7) is 6.04. The molecule has 0 radical (unpaired) electrons. The number of ketones is 2. The Hall–Kier alpha value is -2.86. The number of ether oxygens (including phenoxy) is 2. The molecule has 0 aromatic heterocycles. The molecule has 0 spiro atoms. The maximum atomic E-state index is 13.1. The molecule has 1 heterocycles. The number of carbonyl (C=O) groups excluding carboxylic acids is 2. The molecule has 172 valence electrons. The van der Waals surface area contributed by atoms with E-state index in [1.807, 2.05) is 25.1 Å². The zero-order valence-corrected chi connectivity index (χ0v) is 19.6. The largest absolute Gasteiger partial charge is 0.489 e. The first-order valence-electron chi connectivity index (χ1n) is 11.0. The van der Waals surface area contributed by atoms with Gasteiger partial charge in [-0.2, -0.15) is 0 Å². The second-order valence-corrected chi connectivity index (χ2v) is 8.75. The standard InChI is InChI=1S/C26H33NO5/c1-16-18(3)27-15-26(30,13-9-12-20(16)19-10-7-6-8-11-19)14-21-17(2)22(28)24(31-4)25(32-5)23(21)29/h6-8,10-11,20,27,30H,9,12-15H2,1-5H3/b18-16-. The fourth-order valence-electron chi connectivity index (χ4n) is 4.62. The summed E-state index contributed by atoms with van der Waals surface area (Å²) in [5, 5.41) is 14.9. The molecule has 0 saturated heterocycles. The predicted octanol–water partition coefficient (Wildman–Crippen LogP) is 3.93. The molecule has 6 heteroatoms. The smallest absolute Gasteiger partial charge is 0.228 e. The maximum Gasteiger partial charge on any atom is 0.228 e. The van der Waals surface area contributed by atoms with Gasteiger partial charge in [-0.3, -0.25) is 9.59 Å². The van der Waals surface area contributed by atoms with E-state index < -0.39 is 11.4 Å². The lowest BCUT2D eigenvalue weighted by atomic mass is 9.81. The van der Waals surface area contributed by atoms with Crippen molar-refractivity contribution in [2.75, 3.05) is 20.8 Å². The number of hydrogen-bond acceptors (Lipinski definition) is 6. The van der Waals surface area contributed by atoms with Crippen LogP contribution in [0.1, 0.15) is 57.9 Å². The van der Waals surface area contributed by atoms with Crippen LogP contribution in [-0.4, -0.2) is 43.0 Å². The van der Waals surface area contributed by atoms with E-state index in [4.69, 9.17) is 9.47 Å². The first-order chi connectivity index (χ1) is 15.2. The Morgan fingerprint density at radius 1 is 1.03 bits per heavy atom. The van der Waals surface area contributed by atoms with Gasteiger partial charge < -0.3 is 19.9 Å². The van der Waals surface area contributed by atoms with Crippen LogP contribution in [-0.2, 0) is 19.1 Å². The van der Waals surface area contributed by atoms with Gasteiger partial charge >= 0.3 is 0 Å². The minimum atomic E-state index is -1.18. The molecule has 0 amide bonds. The number of rotatable bonds is 5. The van der Waals surface area contributed by atoms with Crippen LogP contribution in [0.5, 0.6) is 0 Å². The number of β-amino-alcohol motifs (C(OH)–C–C–N with tert-alkyl or cyclic N) is 1. The minimum Gasteiger partial charge on any atom is -0.489 e. The van der Waals surface area contributed by atoms with Gasteiger partial charge in [-0.1, -0.05) is 30.3 Å². The Morgan fingerprint density at radius 2 is 1.66 bits per heavy atom. The van der Waals surface area contributed by atoms with Gasteiger partial charge in [0.2, 0.25) is 23.1 Å². The van der Waals surface area contributed by atoms with Crippen molar-refractivity contribution in [1.29, 1.82) is 0 Å².